The highest BCUT2D eigenvalue weighted by molar-refractivity contribution is 5.92. The lowest BCUT2D eigenvalue weighted by Gasteiger charge is -2.36. The van der Waals surface area contributed by atoms with E-state index in [1.54, 1.807) is 12.3 Å². The molecular formula is C13H20N4O. The first-order chi connectivity index (χ1) is 8.72. The monoisotopic (exact) mass is 248 g/mol. The number of hydrogen-bond acceptors (Lipinski definition) is 4. The Morgan fingerprint density at radius 2 is 2.28 bits per heavy atom. The average Bonchev–Trinajstić information content (AvgIpc) is 2.40. The van der Waals surface area contributed by atoms with Crippen molar-refractivity contribution in [2.75, 3.05) is 18.0 Å². The van der Waals surface area contributed by atoms with Gasteiger partial charge in [0, 0.05) is 18.8 Å². The van der Waals surface area contributed by atoms with E-state index in [9.17, 15) is 4.79 Å². The molecule has 1 amide bonds. The Morgan fingerprint density at radius 3 is 2.89 bits per heavy atom. The molecule has 1 aromatic rings. The normalized spacial score (nSPS) is 19.8. The van der Waals surface area contributed by atoms with Gasteiger partial charge in [-0.15, -0.1) is 0 Å². The van der Waals surface area contributed by atoms with Crippen LogP contribution in [0.15, 0.2) is 18.3 Å². The third kappa shape index (κ3) is 2.79. The van der Waals surface area contributed by atoms with Crippen LogP contribution >= 0.6 is 0 Å². The molecule has 1 aliphatic rings. The number of nitrogens with zero attached hydrogens (tertiary/aromatic N) is 2. The van der Waals surface area contributed by atoms with Crippen LogP contribution in [0.1, 0.15) is 36.0 Å². The van der Waals surface area contributed by atoms with Gasteiger partial charge in [0.25, 0.3) is 0 Å². The molecule has 1 saturated heterocycles. The molecule has 0 bridgehead atoms. The summed E-state index contributed by atoms with van der Waals surface area (Å²) in [5.41, 5.74) is 11.3. The first kappa shape index (κ1) is 12.8. The largest absolute Gasteiger partial charge is 0.366 e. The van der Waals surface area contributed by atoms with Gasteiger partial charge in [-0.3, -0.25) is 4.79 Å². The molecule has 1 aromatic heterocycles. The molecule has 1 fully saturated rings. The van der Waals surface area contributed by atoms with Crippen molar-refractivity contribution >= 4 is 11.7 Å². The number of rotatable bonds is 4. The van der Waals surface area contributed by atoms with Gasteiger partial charge in [0.2, 0.25) is 5.91 Å². The van der Waals surface area contributed by atoms with E-state index in [1.165, 1.54) is 12.8 Å². The van der Waals surface area contributed by atoms with Gasteiger partial charge in [-0.1, -0.05) is 0 Å². The number of anilines is 1. The van der Waals surface area contributed by atoms with Crippen LogP contribution in [0.2, 0.25) is 0 Å². The standard InChI is InChI=1S/C13H20N4O/c14-7-6-11-3-1-2-8-17(11)12-5-4-10(9-16-12)13(15)18/h4-5,9,11H,1-3,6-8,14H2,(H2,15,18). The first-order valence-corrected chi connectivity index (χ1v) is 6.45. The van der Waals surface area contributed by atoms with Crippen LogP contribution in [0, 0.1) is 0 Å². The van der Waals surface area contributed by atoms with Crippen molar-refractivity contribution in [1.29, 1.82) is 0 Å². The number of primary amides is 1. The van der Waals surface area contributed by atoms with Crippen molar-refractivity contribution in [2.24, 2.45) is 11.5 Å². The summed E-state index contributed by atoms with van der Waals surface area (Å²) in [6.07, 6.45) is 6.13. The van der Waals surface area contributed by atoms with Gasteiger partial charge < -0.3 is 16.4 Å². The average molecular weight is 248 g/mol. The second-order valence-corrected chi connectivity index (χ2v) is 4.69. The van der Waals surface area contributed by atoms with Crippen LogP contribution in [0.25, 0.3) is 0 Å². The van der Waals surface area contributed by atoms with Crippen molar-refractivity contribution in [1.82, 2.24) is 4.98 Å². The fraction of sp³-hybridized carbons (Fsp3) is 0.538. The van der Waals surface area contributed by atoms with E-state index in [4.69, 9.17) is 11.5 Å². The van der Waals surface area contributed by atoms with Crippen LogP contribution in [0.3, 0.4) is 0 Å². The highest BCUT2D eigenvalue weighted by Crippen LogP contribution is 2.24. The Balaban J connectivity index is 2.15. The fourth-order valence-corrected chi connectivity index (χ4v) is 2.50. The summed E-state index contributed by atoms with van der Waals surface area (Å²) >= 11 is 0. The summed E-state index contributed by atoms with van der Waals surface area (Å²) in [5, 5.41) is 0. The van der Waals surface area contributed by atoms with E-state index < -0.39 is 5.91 Å². The number of aromatic nitrogens is 1. The molecular weight excluding hydrogens is 228 g/mol. The summed E-state index contributed by atoms with van der Waals surface area (Å²) < 4.78 is 0. The molecule has 0 radical (unpaired) electrons. The zero-order valence-electron chi connectivity index (χ0n) is 10.5. The third-order valence-corrected chi connectivity index (χ3v) is 3.45. The fourth-order valence-electron chi connectivity index (χ4n) is 2.50. The SMILES string of the molecule is NCCC1CCCCN1c1ccc(C(N)=O)cn1. The second kappa shape index (κ2) is 5.82. The van der Waals surface area contributed by atoms with Gasteiger partial charge in [0.15, 0.2) is 0 Å². The maximum Gasteiger partial charge on any atom is 0.250 e. The maximum absolute atomic E-state index is 11.0. The van der Waals surface area contributed by atoms with E-state index in [0.29, 0.717) is 18.2 Å². The molecule has 0 saturated carbocycles. The number of carbonyl (C=O) groups excluding carboxylic acids is 1. The highest BCUT2D eigenvalue weighted by atomic mass is 16.1. The van der Waals surface area contributed by atoms with Crippen molar-refractivity contribution in [3.8, 4) is 0 Å². The van der Waals surface area contributed by atoms with Gasteiger partial charge in [0.05, 0.1) is 5.56 Å². The van der Waals surface area contributed by atoms with Crippen LogP contribution in [-0.4, -0.2) is 30.0 Å². The molecule has 5 heteroatoms. The summed E-state index contributed by atoms with van der Waals surface area (Å²) in [4.78, 5) is 17.6. The van der Waals surface area contributed by atoms with Crippen molar-refractivity contribution in [3.05, 3.63) is 23.9 Å². The predicted octanol–water partition coefficient (Wildman–Crippen LogP) is 0.888. The Labute approximate surface area is 107 Å². The minimum absolute atomic E-state index is 0.439. The number of nitrogens with two attached hydrogens (primary N) is 2. The number of hydrogen-bond donors (Lipinski definition) is 2. The van der Waals surface area contributed by atoms with E-state index >= 15 is 0 Å². The molecule has 2 heterocycles. The summed E-state index contributed by atoms with van der Waals surface area (Å²) in [7, 11) is 0. The second-order valence-electron chi connectivity index (χ2n) is 4.69. The van der Waals surface area contributed by atoms with Crippen LogP contribution in [-0.2, 0) is 0 Å². The smallest absolute Gasteiger partial charge is 0.250 e. The Bertz CT molecular complexity index is 402. The Morgan fingerprint density at radius 1 is 1.44 bits per heavy atom. The van der Waals surface area contributed by atoms with E-state index in [0.717, 1.165) is 25.2 Å². The molecule has 1 atom stereocenters. The van der Waals surface area contributed by atoms with E-state index in [2.05, 4.69) is 9.88 Å². The van der Waals surface area contributed by atoms with Crippen molar-refractivity contribution in [3.63, 3.8) is 0 Å². The van der Waals surface area contributed by atoms with Crippen molar-refractivity contribution < 1.29 is 4.79 Å². The van der Waals surface area contributed by atoms with Crippen molar-refractivity contribution in [2.45, 2.75) is 31.7 Å². The zero-order chi connectivity index (χ0) is 13.0. The summed E-state index contributed by atoms with van der Waals surface area (Å²) in [6, 6.07) is 4.07. The first-order valence-electron chi connectivity index (χ1n) is 6.45. The third-order valence-electron chi connectivity index (χ3n) is 3.45. The summed E-state index contributed by atoms with van der Waals surface area (Å²) in [5.74, 6) is 0.476. The molecule has 0 aromatic carbocycles. The molecule has 0 spiro atoms. The van der Waals surface area contributed by atoms with Crippen LogP contribution < -0.4 is 16.4 Å². The Hall–Kier alpha value is -1.62. The number of amides is 1. The quantitative estimate of drug-likeness (QED) is 0.828. The van der Waals surface area contributed by atoms with E-state index in [-0.39, 0.29) is 0 Å². The lowest BCUT2D eigenvalue weighted by Crippen LogP contribution is -2.41. The maximum atomic E-state index is 11.0. The topological polar surface area (TPSA) is 85.2 Å². The lowest BCUT2D eigenvalue weighted by molar-refractivity contribution is 0.1000. The van der Waals surface area contributed by atoms with E-state index in [1.807, 2.05) is 6.07 Å². The van der Waals surface area contributed by atoms with Gasteiger partial charge in [0.1, 0.15) is 5.82 Å². The van der Waals surface area contributed by atoms with Gasteiger partial charge >= 0.3 is 0 Å². The Kier molecular flexibility index (Phi) is 4.15. The number of carbonyl (C=O) groups is 1. The van der Waals surface area contributed by atoms with Gasteiger partial charge in [-0.25, -0.2) is 4.98 Å². The molecule has 0 aliphatic carbocycles. The van der Waals surface area contributed by atoms with Crippen LogP contribution in [0.5, 0.6) is 0 Å². The minimum atomic E-state index is -0.439. The molecule has 2 rings (SSSR count). The highest BCUT2D eigenvalue weighted by Gasteiger charge is 2.22. The number of piperidine rings is 1. The molecule has 1 unspecified atom stereocenters. The molecule has 5 nitrogen and oxygen atoms in total. The molecule has 1 aliphatic heterocycles. The molecule has 18 heavy (non-hydrogen) atoms. The van der Waals surface area contributed by atoms with Crippen LogP contribution in [0.4, 0.5) is 5.82 Å². The molecule has 98 valence electrons. The van der Waals surface area contributed by atoms with Gasteiger partial charge in [-0.05, 0) is 44.4 Å². The lowest BCUT2D eigenvalue weighted by atomic mass is 9.99. The predicted molar refractivity (Wildman–Crippen MR) is 71.4 cm³/mol. The van der Waals surface area contributed by atoms with Gasteiger partial charge in [-0.2, -0.15) is 0 Å². The molecule has 4 N–H and O–H groups in total. The number of pyridine rings is 1. The zero-order valence-corrected chi connectivity index (χ0v) is 10.5. The minimum Gasteiger partial charge on any atom is -0.366 e. The summed E-state index contributed by atoms with van der Waals surface area (Å²) in [6.45, 7) is 1.70.